The minimum absolute atomic E-state index is 0.141. The van der Waals surface area contributed by atoms with E-state index in [-0.39, 0.29) is 11.5 Å². The number of carbonyl (C=O) groups is 1. The molecule has 7 nitrogen and oxygen atoms in total. The molecule has 1 aromatic heterocycles. The summed E-state index contributed by atoms with van der Waals surface area (Å²) in [6.07, 6.45) is 1.87. The van der Waals surface area contributed by atoms with Crippen molar-refractivity contribution in [1.29, 1.82) is 0 Å². The van der Waals surface area contributed by atoms with Gasteiger partial charge in [-0.2, -0.15) is 0 Å². The number of benzene rings is 3. The fourth-order valence-electron chi connectivity index (χ4n) is 5.18. The number of allylic oxidation sites excluding steroid dienone is 1. The molecule has 0 aliphatic carbocycles. The average Bonchev–Trinajstić information content (AvgIpc) is 3.31. The Labute approximate surface area is 292 Å². The Hall–Kier alpha value is -2.68. The van der Waals surface area contributed by atoms with Gasteiger partial charge in [-0.15, -0.1) is 0 Å². The summed E-state index contributed by atoms with van der Waals surface area (Å²) in [5, 5.41) is 0.660. The van der Waals surface area contributed by atoms with Crippen molar-refractivity contribution in [2.45, 2.75) is 33.4 Å². The van der Waals surface area contributed by atoms with Gasteiger partial charge in [-0.05, 0) is 102 Å². The number of thiazole rings is 1. The maximum atomic E-state index is 14.2. The molecular weight excluding hydrogens is 824 g/mol. The SMILES string of the molecule is CCN(CC)C(=O)C1=C(C)N=c2s/c(=C/c3cc(I)c(OCc4ccccc4Cl)c(I)c3)c(=O)n2[C@H]1c1ccccc1OC. The Bertz CT molecular complexity index is 1930. The van der Waals surface area contributed by atoms with Crippen LogP contribution in [0.25, 0.3) is 6.08 Å². The standard InChI is InChI=1S/C33H30ClI2N3O4S/c1-5-38(6-2)32(41)28-19(3)37-33-39(29(28)22-12-8-10-14-26(22)42-4)31(40)27(44-33)17-20-15-24(35)30(25(36)16-20)43-18-21-11-7-9-13-23(21)34/h7-17,29H,5-6,18H2,1-4H3/b27-17+/t29-/m0/s1. The molecule has 1 amide bonds. The van der Waals surface area contributed by atoms with Gasteiger partial charge in [0.1, 0.15) is 24.1 Å². The van der Waals surface area contributed by atoms with Gasteiger partial charge in [-0.25, -0.2) is 4.99 Å². The topological polar surface area (TPSA) is 73.1 Å². The second-order valence-corrected chi connectivity index (χ2v) is 13.7. The molecule has 1 aliphatic heterocycles. The number of para-hydroxylation sites is 1. The molecule has 228 valence electrons. The zero-order valence-corrected chi connectivity index (χ0v) is 30.5. The van der Waals surface area contributed by atoms with Crippen LogP contribution in [0.15, 0.2) is 81.7 Å². The molecule has 3 aromatic carbocycles. The molecule has 0 fully saturated rings. The first-order valence-corrected chi connectivity index (χ1v) is 17.3. The highest BCUT2D eigenvalue weighted by atomic mass is 127. The fourth-order valence-corrected chi connectivity index (χ4v) is 8.54. The lowest BCUT2D eigenvalue weighted by atomic mass is 9.94. The van der Waals surface area contributed by atoms with Crippen molar-refractivity contribution in [3.8, 4) is 11.5 Å². The van der Waals surface area contributed by atoms with Gasteiger partial charge in [-0.1, -0.05) is 59.3 Å². The van der Waals surface area contributed by atoms with E-state index < -0.39 is 6.04 Å². The van der Waals surface area contributed by atoms with Gasteiger partial charge in [0.15, 0.2) is 4.80 Å². The number of methoxy groups -OCH3 is 1. The Morgan fingerprint density at radius 1 is 1.09 bits per heavy atom. The second-order valence-electron chi connectivity index (χ2n) is 9.99. The van der Waals surface area contributed by atoms with Crippen LogP contribution >= 0.6 is 68.1 Å². The molecule has 0 unspecified atom stereocenters. The van der Waals surface area contributed by atoms with Crippen LogP contribution in [-0.4, -0.2) is 35.6 Å². The molecule has 0 spiro atoms. The molecule has 0 radical (unpaired) electrons. The Morgan fingerprint density at radius 3 is 2.41 bits per heavy atom. The lowest BCUT2D eigenvalue weighted by Gasteiger charge is -2.29. The zero-order valence-electron chi connectivity index (χ0n) is 24.6. The minimum Gasteiger partial charge on any atom is -0.496 e. The highest BCUT2D eigenvalue weighted by molar-refractivity contribution is 14.1. The summed E-state index contributed by atoms with van der Waals surface area (Å²) in [7, 11) is 1.59. The first kappa shape index (κ1) is 32.7. The molecule has 4 aromatic rings. The van der Waals surface area contributed by atoms with Crippen LogP contribution in [-0.2, 0) is 11.4 Å². The van der Waals surface area contributed by atoms with Crippen molar-refractivity contribution in [2.24, 2.45) is 4.99 Å². The number of aromatic nitrogens is 1. The number of nitrogens with zero attached hydrogens (tertiary/aromatic N) is 3. The van der Waals surface area contributed by atoms with Gasteiger partial charge < -0.3 is 14.4 Å². The molecule has 11 heteroatoms. The van der Waals surface area contributed by atoms with Gasteiger partial charge in [0, 0.05) is 29.2 Å². The number of amides is 1. The van der Waals surface area contributed by atoms with Crippen molar-refractivity contribution in [3.05, 3.63) is 120 Å². The zero-order chi connectivity index (χ0) is 31.5. The molecule has 44 heavy (non-hydrogen) atoms. The summed E-state index contributed by atoms with van der Waals surface area (Å²) < 4.78 is 15.8. The predicted octanol–water partition coefficient (Wildman–Crippen LogP) is 6.55. The van der Waals surface area contributed by atoms with Crippen LogP contribution in [0.1, 0.15) is 43.5 Å². The van der Waals surface area contributed by atoms with Crippen molar-refractivity contribution in [3.63, 3.8) is 0 Å². The van der Waals surface area contributed by atoms with E-state index in [1.165, 1.54) is 11.3 Å². The molecular formula is C33H30ClI2N3O4S. The fraction of sp³-hybridized carbons (Fsp3) is 0.242. The van der Waals surface area contributed by atoms with E-state index in [4.69, 9.17) is 26.1 Å². The summed E-state index contributed by atoms with van der Waals surface area (Å²) in [6.45, 7) is 7.17. The molecule has 2 heterocycles. The third-order valence-corrected chi connectivity index (χ3v) is 10.3. The lowest BCUT2D eigenvalue weighted by Crippen LogP contribution is -2.43. The van der Waals surface area contributed by atoms with Crippen LogP contribution in [0.2, 0.25) is 5.02 Å². The summed E-state index contributed by atoms with van der Waals surface area (Å²) in [5.74, 6) is 1.22. The van der Waals surface area contributed by atoms with E-state index in [0.717, 1.165) is 29.6 Å². The first-order valence-electron chi connectivity index (χ1n) is 14.0. The highest BCUT2D eigenvalue weighted by Crippen LogP contribution is 2.36. The molecule has 1 aliphatic rings. The normalized spacial score (nSPS) is 14.7. The molecule has 0 bridgehead atoms. The Kier molecular flexibility index (Phi) is 10.5. The number of fused-ring (bicyclic) bond motifs is 1. The van der Waals surface area contributed by atoms with Crippen molar-refractivity contribution in [2.75, 3.05) is 20.2 Å². The van der Waals surface area contributed by atoms with Crippen LogP contribution in [0.5, 0.6) is 11.5 Å². The number of ether oxygens (including phenoxy) is 2. The summed E-state index contributed by atoms with van der Waals surface area (Å²) in [6, 6.07) is 18.4. The van der Waals surface area contributed by atoms with E-state index in [2.05, 4.69) is 45.2 Å². The lowest BCUT2D eigenvalue weighted by molar-refractivity contribution is -0.127. The van der Waals surface area contributed by atoms with Crippen LogP contribution in [0.3, 0.4) is 0 Å². The average molecular weight is 854 g/mol. The largest absolute Gasteiger partial charge is 0.496 e. The molecule has 0 N–H and O–H groups in total. The number of likely N-dealkylation sites (N-methyl/N-ethyl adjacent to an activating group) is 1. The van der Waals surface area contributed by atoms with Crippen LogP contribution in [0, 0.1) is 7.14 Å². The highest BCUT2D eigenvalue weighted by Gasteiger charge is 2.35. The second kappa shape index (κ2) is 14.2. The quantitative estimate of drug-likeness (QED) is 0.179. The molecule has 1 atom stereocenters. The third-order valence-electron chi connectivity index (χ3n) is 7.38. The van der Waals surface area contributed by atoms with Gasteiger partial charge >= 0.3 is 0 Å². The van der Waals surface area contributed by atoms with Crippen LogP contribution in [0.4, 0.5) is 0 Å². The van der Waals surface area contributed by atoms with Gasteiger partial charge in [-0.3, -0.25) is 14.2 Å². The van der Waals surface area contributed by atoms with Crippen molar-refractivity contribution in [1.82, 2.24) is 9.47 Å². The Balaban J connectivity index is 1.60. The van der Waals surface area contributed by atoms with E-state index in [9.17, 15) is 9.59 Å². The van der Waals surface area contributed by atoms with E-state index >= 15 is 0 Å². The number of carbonyl (C=O) groups excluding carboxylic acids is 1. The molecule has 0 saturated heterocycles. The first-order chi connectivity index (χ1) is 21.2. The van der Waals surface area contributed by atoms with Gasteiger partial charge in [0.05, 0.1) is 30.1 Å². The van der Waals surface area contributed by atoms with Crippen molar-refractivity contribution < 1.29 is 14.3 Å². The number of halogens is 3. The van der Waals surface area contributed by atoms with Gasteiger partial charge in [0.2, 0.25) is 0 Å². The smallest absolute Gasteiger partial charge is 0.271 e. The third kappa shape index (κ3) is 6.49. The van der Waals surface area contributed by atoms with Crippen LogP contribution < -0.4 is 24.4 Å². The molecule has 5 rings (SSSR count). The predicted molar refractivity (Wildman–Crippen MR) is 192 cm³/mol. The monoisotopic (exact) mass is 853 g/mol. The molecule has 0 saturated carbocycles. The van der Waals surface area contributed by atoms with E-state index in [0.29, 0.717) is 51.1 Å². The minimum atomic E-state index is -0.682. The van der Waals surface area contributed by atoms with Crippen molar-refractivity contribution >= 4 is 80.1 Å². The Morgan fingerprint density at radius 2 is 1.75 bits per heavy atom. The number of rotatable bonds is 9. The number of hydrogen-bond donors (Lipinski definition) is 0. The summed E-state index contributed by atoms with van der Waals surface area (Å²) in [4.78, 5) is 35.1. The maximum Gasteiger partial charge on any atom is 0.271 e. The summed E-state index contributed by atoms with van der Waals surface area (Å²) >= 11 is 12.1. The van der Waals surface area contributed by atoms with Gasteiger partial charge in [0.25, 0.3) is 11.5 Å². The van der Waals surface area contributed by atoms with E-state index in [1.807, 2.05) is 87.5 Å². The summed E-state index contributed by atoms with van der Waals surface area (Å²) in [5.41, 5.74) is 3.35. The van der Waals surface area contributed by atoms with E-state index in [1.54, 1.807) is 16.6 Å². The maximum absolute atomic E-state index is 14.2. The number of hydrogen-bond acceptors (Lipinski definition) is 6.